The van der Waals surface area contributed by atoms with Crippen LogP contribution in [0.2, 0.25) is 0 Å². The Morgan fingerprint density at radius 1 is 1.33 bits per heavy atom. The third-order valence-corrected chi connectivity index (χ3v) is 3.65. The molecule has 0 saturated carbocycles. The Labute approximate surface area is 139 Å². The molecule has 0 unspecified atom stereocenters. The fourth-order valence-electron chi connectivity index (χ4n) is 2.54. The van der Waals surface area contributed by atoms with Crippen LogP contribution in [0.15, 0.2) is 48.7 Å². The predicted octanol–water partition coefficient (Wildman–Crippen LogP) is 1.38. The summed E-state index contributed by atoms with van der Waals surface area (Å²) in [5, 5.41) is 7.42. The lowest BCUT2D eigenvalue weighted by Crippen LogP contribution is -2.38. The van der Waals surface area contributed by atoms with Gasteiger partial charge >= 0.3 is 0 Å². The van der Waals surface area contributed by atoms with Crippen LogP contribution in [0, 0.1) is 0 Å². The first-order chi connectivity index (χ1) is 11.7. The highest BCUT2D eigenvalue weighted by Crippen LogP contribution is 2.15. The maximum atomic E-state index is 11.9. The predicted molar refractivity (Wildman–Crippen MR) is 90.5 cm³/mol. The minimum Gasteiger partial charge on any atom is -0.378 e. The molecule has 1 atom stereocenters. The standard InChI is InChI=1S/C17H19N5O2/c1-24-11-13-10-16(22-15(20-13)7-8-19-22)21-14(17(18)23)9-12-5-3-2-4-6-12/h2-8,10,14,21H,9,11H2,1H3,(H2,18,23)/t14-/m0/s1. The number of anilines is 1. The van der Waals surface area contributed by atoms with Gasteiger partial charge in [-0.25, -0.2) is 4.98 Å². The van der Waals surface area contributed by atoms with E-state index in [2.05, 4.69) is 15.4 Å². The molecule has 0 radical (unpaired) electrons. The molecule has 0 fully saturated rings. The molecule has 0 aliphatic heterocycles. The van der Waals surface area contributed by atoms with Crippen molar-refractivity contribution in [2.75, 3.05) is 12.4 Å². The number of nitrogens with zero attached hydrogens (tertiary/aromatic N) is 3. The minimum absolute atomic E-state index is 0.371. The second kappa shape index (κ2) is 7.10. The largest absolute Gasteiger partial charge is 0.378 e. The van der Waals surface area contributed by atoms with Gasteiger partial charge in [0.05, 0.1) is 18.5 Å². The molecule has 7 nitrogen and oxygen atoms in total. The number of aromatic nitrogens is 3. The van der Waals surface area contributed by atoms with Crippen LogP contribution < -0.4 is 11.1 Å². The number of nitrogens with one attached hydrogen (secondary N) is 1. The zero-order valence-electron chi connectivity index (χ0n) is 13.3. The molecule has 3 rings (SSSR count). The summed E-state index contributed by atoms with van der Waals surface area (Å²) in [6.45, 7) is 0.371. The Kier molecular flexibility index (Phi) is 4.72. The van der Waals surface area contributed by atoms with Gasteiger partial charge in [-0.2, -0.15) is 9.61 Å². The first kappa shape index (κ1) is 15.9. The summed E-state index contributed by atoms with van der Waals surface area (Å²) in [6.07, 6.45) is 2.14. The summed E-state index contributed by atoms with van der Waals surface area (Å²) in [5.41, 5.74) is 8.02. The number of fused-ring (bicyclic) bond motifs is 1. The second-order valence-electron chi connectivity index (χ2n) is 5.46. The molecule has 2 aromatic heterocycles. The van der Waals surface area contributed by atoms with E-state index >= 15 is 0 Å². The highest BCUT2D eigenvalue weighted by atomic mass is 16.5. The Morgan fingerprint density at radius 2 is 2.12 bits per heavy atom. The molecule has 2 heterocycles. The zero-order valence-corrected chi connectivity index (χ0v) is 13.3. The number of ether oxygens (including phenoxy) is 1. The number of amides is 1. The number of rotatable bonds is 7. The van der Waals surface area contributed by atoms with Gasteiger partial charge in [0, 0.05) is 25.7 Å². The molecule has 0 saturated heterocycles. The lowest BCUT2D eigenvalue weighted by Gasteiger charge is -2.18. The van der Waals surface area contributed by atoms with Crippen molar-refractivity contribution in [3.05, 3.63) is 59.9 Å². The summed E-state index contributed by atoms with van der Waals surface area (Å²) in [7, 11) is 1.61. The van der Waals surface area contributed by atoms with Crippen LogP contribution in [0.25, 0.3) is 5.65 Å². The fraction of sp³-hybridized carbons (Fsp3) is 0.235. The normalized spacial score (nSPS) is 12.2. The van der Waals surface area contributed by atoms with E-state index in [-0.39, 0.29) is 0 Å². The van der Waals surface area contributed by atoms with Crippen molar-refractivity contribution in [3.8, 4) is 0 Å². The van der Waals surface area contributed by atoms with Crippen LogP contribution in [-0.4, -0.2) is 33.7 Å². The van der Waals surface area contributed by atoms with Crippen LogP contribution in [0.4, 0.5) is 5.82 Å². The van der Waals surface area contributed by atoms with E-state index < -0.39 is 11.9 Å². The molecule has 3 N–H and O–H groups in total. The van der Waals surface area contributed by atoms with E-state index in [1.165, 1.54) is 0 Å². The van der Waals surface area contributed by atoms with Crippen molar-refractivity contribution in [2.45, 2.75) is 19.1 Å². The highest BCUT2D eigenvalue weighted by molar-refractivity contribution is 5.83. The number of nitrogens with two attached hydrogens (primary N) is 1. The summed E-state index contributed by atoms with van der Waals surface area (Å²) in [5.74, 6) is 0.223. The summed E-state index contributed by atoms with van der Waals surface area (Å²) in [4.78, 5) is 16.3. The SMILES string of the molecule is COCc1cc(N[C@@H](Cc2ccccc2)C(N)=O)n2nccc2n1. The van der Waals surface area contributed by atoms with Crippen molar-refractivity contribution in [1.82, 2.24) is 14.6 Å². The quantitative estimate of drug-likeness (QED) is 0.684. The average Bonchev–Trinajstić information content (AvgIpc) is 3.04. The van der Waals surface area contributed by atoms with Gasteiger partial charge in [-0.15, -0.1) is 0 Å². The number of carbonyl (C=O) groups is 1. The smallest absolute Gasteiger partial charge is 0.240 e. The molecule has 124 valence electrons. The fourth-order valence-corrected chi connectivity index (χ4v) is 2.54. The minimum atomic E-state index is -0.558. The van der Waals surface area contributed by atoms with Gasteiger partial charge in [-0.1, -0.05) is 30.3 Å². The Bertz CT molecular complexity index is 831. The van der Waals surface area contributed by atoms with Crippen LogP contribution in [0.3, 0.4) is 0 Å². The molecular formula is C17H19N5O2. The lowest BCUT2D eigenvalue weighted by molar-refractivity contribution is -0.118. The van der Waals surface area contributed by atoms with E-state index in [4.69, 9.17) is 10.5 Å². The lowest BCUT2D eigenvalue weighted by atomic mass is 10.1. The van der Waals surface area contributed by atoms with E-state index in [9.17, 15) is 4.79 Å². The summed E-state index contributed by atoms with van der Waals surface area (Å²) >= 11 is 0. The number of benzene rings is 1. The maximum Gasteiger partial charge on any atom is 0.240 e. The van der Waals surface area contributed by atoms with Gasteiger partial charge in [0.1, 0.15) is 11.9 Å². The molecule has 0 spiro atoms. The van der Waals surface area contributed by atoms with Gasteiger partial charge in [0.2, 0.25) is 5.91 Å². The molecule has 24 heavy (non-hydrogen) atoms. The van der Waals surface area contributed by atoms with E-state index in [0.717, 1.165) is 11.3 Å². The maximum absolute atomic E-state index is 11.9. The van der Waals surface area contributed by atoms with Crippen LogP contribution in [0.1, 0.15) is 11.3 Å². The average molecular weight is 325 g/mol. The Morgan fingerprint density at radius 3 is 2.83 bits per heavy atom. The summed E-state index contributed by atoms with van der Waals surface area (Å²) in [6, 6.07) is 12.8. The molecule has 1 amide bonds. The number of hydrogen-bond acceptors (Lipinski definition) is 5. The zero-order chi connectivity index (χ0) is 16.9. The van der Waals surface area contributed by atoms with Gasteiger partial charge in [0.25, 0.3) is 0 Å². The van der Waals surface area contributed by atoms with Crippen molar-refractivity contribution in [1.29, 1.82) is 0 Å². The van der Waals surface area contributed by atoms with Crippen LogP contribution in [-0.2, 0) is 22.6 Å². The Balaban J connectivity index is 1.90. The second-order valence-corrected chi connectivity index (χ2v) is 5.46. The van der Waals surface area contributed by atoms with Crippen LogP contribution >= 0.6 is 0 Å². The topological polar surface area (TPSA) is 94.5 Å². The van der Waals surface area contributed by atoms with Crippen molar-refractivity contribution in [3.63, 3.8) is 0 Å². The van der Waals surface area contributed by atoms with Gasteiger partial charge in [-0.3, -0.25) is 4.79 Å². The van der Waals surface area contributed by atoms with Crippen molar-refractivity contribution in [2.24, 2.45) is 5.73 Å². The van der Waals surface area contributed by atoms with Gasteiger partial charge < -0.3 is 15.8 Å². The monoisotopic (exact) mass is 325 g/mol. The van der Waals surface area contributed by atoms with Crippen LogP contribution in [0.5, 0.6) is 0 Å². The molecule has 7 heteroatoms. The number of primary amides is 1. The van der Waals surface area contributed by atoms with E-state index in [0.29, 0.717) is 24.5 Å². The Hall–Kier alpha value is -2.93. The molecule has 0 aliphatic rings. The number of carbonyl (C=O) groups excluding carboxylic acids is 1. The molecule has 0 bridgehead atoms. The van der Waals surface area contributed by atoms with Crippen molar-refractivity contribution < 1.29 is 9.53 Å². The first-order valence-electron chi connectivity index (χ1n) is 7.60. The summed E-state index contributed by atoms with van der Waals surface area (Å²) < 4.78 is 6.78. The van der Waals surface area contributed by atoms with E-state index in [1.807, 2.05) is 36.4 Å². The third kappa shape index (κ3) is 3.52. The molecular weight excluding hydrogens is 306 g/mol. The third-order valence-electron chi connectivity index (χ3n) is 3.65. The van der Waals surface area contributed by atoms with Crippen molar-refractivity contribution >= 4 is 17.4 Å². The van der Waals surface area contributed by atoms with E-state index in [1.54, 1.807) is 23.9 Å². The molecule has 1 aromatic carbocycles. The first-order valence-corrected chi connectivity index (χ1v) is 7.60. The molecule has 3 aromatic rings. The van der Waals surface area contributed by atoms with Gasteiger partial charge in [-0.05, 0) is 5.56 Å². The van der Waals surface area contributed by atoms with Gasteiger partial charge in [0.15, 0.2) is 5.65 Å². The number of hydrogen-bond donors (Lipinski definition) is 2. The number of methoxy groups -OCH3 is 1. The molecule has 0 aliphatic carbocycles. The highest BCUT2D eigenvalue weighted by Gasteiger charge is 2.18.